The van der Waals surface area contributed by atoms with Gasteiger partial charge < -0.3 is 9.47 Å². The molecular weight excluding hydrogens is 188 g/mol. The summed E-state index contributed by atoms with van der Waals surface area (Å²) in [6, 6.07) is 0. The molecular formula is C13H22O2. The second-order valence-electron chi connectivity index (χ2n) is 5.35. The van der Waals surface area contributed by atoms with E-state index in [2.05, 4.69) is 0 Å². The summed E-state index contributed by atoms with van der Waals surface area (Å²) in [5, 5.41) is 0. The van der Waals surface area contributed by atoms with E-state index in [0.29, 0.717) is 24.4 Å². The number of epoxide rings is 2. The smallest absolute Gasteiger partial charge is 0.0841 e. The lowest BCUT2D eigenvalue weighted by Crippen LogP contribution is -1.95. The van der Waals surface area contributed by atoms with Crippen molar-refractivity contribution in [2.45, 2.75) is 82.2 Å². The van der Waals surface area contributed by atoms with Crippen LogP contribution in [0.5, 0.6) is 0 Å². The van der Waals surface area contributed by atoms with Crippen LogP contribution < -0.4 is 0 Å². The molecule has 2 heteroatoms. The Hall–Kier alpha value is -0.0800. The predicted octanol–water partition coefficient (Wildman–Crippen LogP) is 3.05. The van der Waals surface area contributed by atoms with Gasteiger partial charge in [0.15, 0.2) is 0 Å². The number of hydrogen-bond acceptors (Lipinski definition) is 2. The molecule has 15 heavy (non-hydrogen) atoms. The van der Waals surface area contributed by atoms with Crippen molar-refractivity contribution in [1.82, 2.24) is 0 Å². The standard InChI is InChI=1S/C13H22O2/c1-2-6-10-12(14-10)8-4-5-9-13-11(15-13)7-3-1/h10-13H,1-9H2/t10?,11?,12-,13?/m0/s1. The van der Waals surface area contributed by atoms with E-state index in [1.165, 1.54) is 57.8 Å². The van der Waals surface area contributed by atoms with Gasteiger partial charge in [-0.3, -0.25) is 0 Å². The zero-order valence-corrected chi connectivity index (χ0v) is 9.49. The van der Waals surface area contributed by atoms with Crippen LogP contribution in [-0.2, 0) is 9.47 Å². The summed E-state index contributed by atoms with van der Waals surface area (Å²) >= 11 is 0. The first-order valence-electron chi connectivity index (χ1n) is 6.74. The molecule has 1 aliphatic carbocycles. The van der Waals surface area contributed by atoms with E-state index in [9.17, 15) is 0 Å². The van der Waals surface area contributed by atoms with E-state index in [-0.39, 0.29) is 0 Å². The molecule has 3 aliphatic rings. The quantitative estimate of drug-likeness (QED) is 0.574. The first-order chi connectivity index (χ1) is 7.43. The van der Waals surface area contributed by atoms with Crippen LogP contribution in [0.1, 0.15) is 57.8 Å². The van der Waals surface area contributed by atoms with Gasteiger partial charge in [-0.05, 0) is 25.7 Å². The molecule has 3 unspecified atom stereocenters. The van der Waals surface area contributed by atoms with Gasteiger partial charge in [0.25, 0.3) is 0 Å². The van der Waals surface area contributed by atoms with Crippen molar-refractivity contribution in [3.05, 3.63) is 0 Å². The van der Waals surface area contributed by atoms with Crippen LogP contribution >= 0.6 is 0 Å². The fourth-order valence-electron chi connectivity index (χ4n) is 2.93. The third kappa shape index (κ3) is 2.73. The summed E-state index contributed by atoms with van der Waals surface area (Å²) in [4.78, 5) is 0. The highest BCUT2D eigenvalue weighted by atomic mass is 16.6. The van der Waals surface area contributed by atoms with Crippen LogP contribution in [0.2, 0.25) is 0 Å². The highest BCUT2D eigenvalue weighted by Crippen LogP contribution is 2.35. The Kier molecular flexibility index (Phi) is 2.98. The molecule has 2 nitrogen and oxygen atoms in total. The van der Waals surface area contributed by atoms with Gasteiger partial charge in [0.2, 0.25) is 0 Å². The molecule has 2 heterocycles. The monoisotopic (exact) mass is 210 g/mol. The summed E-state index contributed by atoms with van der Waals surface area (Å²) in [7, 11) is 0. The maximum atomic E-state index is 5.67. The lowest BCUT2D eigenvalue weighted by Gasteiger charge is -1.97. The minimum Gasteiger partial charge on any atom is -0.370 e. The molecule has 4 atom stereocenters. The molecule has 0 radical (unpaired) electrons. The summed E-state index contributed by atoms with van der Waals surface area (Å²) in [5.74, 6) is 0. The zero-order valence-electron chi connectivity index (χ0n) is 9.49. The van der Waals surface area contributed by atoms with Crippen LogP contribution in [0.4, 0.5) is 0 Å². The first-order valence-corrected chi connectivity index (χ1v) is 6.74. The maximum absolute atomic E-state index is 5.67. The highest BCUT2D eigenvalue weighted by Gasteiger charge is 2.39. The van der Waals surface area contributed by atoms with Gasteiger partial charge in [-0.25, -0.2) is 0 Å². The lowest BCUT2D eigenvalue weighted by atomic mass is 10.1. The van der Waals surface area contributed by atoms with Gasteiger partial charge in [0.1, 0.15) is 0 Å². The summed E-state index contributed by atoms with van der Waals surface area (Å²) in [6.45, 7) is 0. The number of rotatable bonds is 0. The number of hydrogen-bond donors (Lipinski definition) is 0. The Morgan fingerprint density at radius 1 is 0.467 bits per heavy atom. The molecule has 2 saturated heterocycles. The minimum absolute atomic E-state index is 0.627. The molecule has 0 amide bonds. The highest BCUT2D eigenvalue weighted by molar-refractivity contribution is 4.87. The van der Waals surface area contributed by atoms with E-state index in [1.54, 1.807) is 0 Å². The Morgan fingerprint density at radius 2 is 0.800 bits per heavy atom. The number of ether oxygens (including phenoxy) is 2. The van der Waals surface area contributed by atoms with Crippen molar-refractivity contribution in [2.75, 3.05) is 0 Å². The van der Waals surface area contributed by atoms with Crippen molar-refractivity contribution in [1.29, 1.82) is 0 Å². The zero-order chi connectivity index (χ0) is 10.1. The molecule has 0 bridgehead atoms. The van der Waals surface area contributed by atoms with Crippen molar-refractivity contribution in [3.63, 3.8) is 0 Å². The van der Waals surface area contributed by atoms with Crippen molar-refractivity contribution >= 4 is 0 Å². The average Bonchev–Trinajstić information content (AvgIpc) is 3.10. The molecule has 0 aromatic rings. The molecule has 0 N–H and O–H groups in total. The largest absolute Gasteiger partial charge is 0.370 e. The van der Waals surface area contributed by atoms with E-state index < -0.39 is 0 Å². The average molecular weight is 210 g/mol. The van der Waals surface area contributed by atoms with Gasteiger partial charge in [0.05, 0.1) is 24.4 Å². The van der Waals surface area contributed by atoms with Crippen molar-refractivity contribution in [3.8, 4) is 0 Å². The molecule has 3 fully saturated rings. The minimum atomic E-state index is 0.627. The SMILES string of the molecule is C1CCC2OC2CCCC[C@@H]2OC2CC1. The predicted molar refractivity (Wildman–Crippen MR) is 58.9 cm³/mol. The van der Waals surface area contributed by atoms with Gasteiger partial charge in [-0.1, -0.05) is 32.1 Å². The molecule has 0 spiro atoms. The second-order valence-corrected chi connectivity index (χ2v) is 5.35. The Balaban J connectivity index is 1.44. The molecule has 0 aromatic carbocycles. The van der Waals surface area contributed by atoms with E-state index >= 15 is 0 Å². The normalized spacial score (nSPS) is 46.4. The lowest BCUT2D eigenvalue weighted by molar-refractivity contribution is 0.343. The van der Waals surface area contributed by atoms with Crippen molar-refractivity contribution < 1.29 is 9.47 Å². The third-order valence-electron chi connectivity index (χ3n) is 4.08. The Bertz CT molecular complexity index is 195. The van der Waals surface area contributed by atoms with Crippen LogP contribution in [0.3, 0.4) is 0 Å². The van der Waals surface area contributed by atoms with Crippen molar-refractivity contribution in [2.24, 2.45) is 0 Å². The second kappa shape index (κ2) is 4.42. The molecule has 0 aromatic heterocycles. The third-order valence-corrected chi connectivity index (χ3v) is 4.08. The van der Waals surface area contributed by atoms with Crippen LogP contribution in [0.25, 0.3) is 0 Å². The Labute approximate surface area is 92.3 Å². The van der Waals surface area contributed by atoms with Crippen LogP contribution in [0, 0.1) is 0 Å². The van der Waals surface area contributed by atoms with E-state index in [4.69, 9.17) is 9.47 Å². The van der Waals surface area contributed by atoms with E-state index in [1.807, 2.05) is 0 Å². The van der Waals surface area contributed by atoms with Gasteiger partial charge in [0, 0.05) is 0 Å². The van der Waals surface area contributed by atoms with Crippen LogP contribution in [0.15, 0.2) is 0 Å². The molecule has 2 aliphatic heterocycles. The molecule has 86 valence electrons. The Morgan fingerprint density at radius 3 is 1.20 bits per heavy atom. The summed E-state index contributed by atoms with van der Waals surface area (Å²) in [5.41, 5.74) is 0. The fourth-order valence-corrected chi connectivity index (χ4v) is 2.93. The van der Waals surface area contributed by atoms with E-state index in [0.717, 1.165) is 0 Å². The fraction of sp³-hybridized carbons (Fsp3) is 1.00. The van der Waals surface area contributed by atoms with Gasteiger partial charge >= 0.3 is 0 Å². The summed E-state index contributed by atoms with van der Waals surface area (Å²) in [6.07, 6.45) is 14.5. The summed E-state index contributed by atoms with van der Waals surface area (Å²) < 4.78 is 11.3. The molecule has 3 rings (SSSR count). The maximum Gasteiger partial charge on any atom is 0.0841 e. The van der Waals surface area contributed by atoms with Gasteiger partial charge in [-0.15, -0.1) is 0 Å². The van der Waals surface area contributed by atoms with Crippen LogP contribution in [-0.4, -0.2) is 24.4 Å². The topological polar surface area (TPSA) is 25.1 Å². The van der Waals surface area contributed by atoms with Gasteiger partial charge in [-0.2, -0.15) is 0 Å². The molecule has 1 saturated carbocycles. The number of fused-ring (bicyclic) bond motifs is 2. The first kappa shape index (κ1) is 10.1.